The standard InChI is InChI=1S/C12H10BrN3S/c13-8-1-3-9(4-2-8)17-11-7-16-6-5-10(11)12(14)15/h1-7H,(H3,14,15). The second-order valence-electron chi connectivity index (χ2n) is 3.34. The third-order valence-electron chi connectivity index (χ3n) is 2.12. The van der Waals surface area contributed by atoms with Gasteiger partial charge in [0, 0.05) is 32.2 Å². The van der Waals surface area contributed by atoms with Crippen molar-refractivity contribution in [3.05, 3.63) is 52.8 Å². The van der Waals surface area contributed by atoms with E-state index in [1.165, 1.54) is 0 Å². The first-order chi connectivity index (χ1) is 8.16. The van der Waals surface area contributed by atoms with E-state index < -0.39 is 0 Å². The van der Waals surface area contributed by atoms with Crippen molar-refractivity contribution >= 4 is 33.5 Å². The number of halogens is 1. The number of aromatic nitrogens is 1. The SMILES string of the molecule is N=C(N)c1ccncc1Sc1ccc(Br)cc1. The van der Waals surface area contributed by atoms with Crippen LogP contribution in [0.15, 0.2) is 57.0 Å². The van der Waals surface area contributed by atoms with E-state index in [-0.39, 0.29) is 5.84 Å². The fraction of sp³-hybridized carbons (Fsp3) is 0. The molecular formula is C12H10BrN3S. The zero-order chi connectivity index (χ0) is 12.3. The molecule has 86 valence electrons. The molecule has 1 heterocycles. The molecular weight excluding hydrogens is 298 g/mol. The first kappa shape index (κ1) is 12.1. The van der Waals surface area contributed by atoms with E-state index in [0.717, 1.165) is 14.3 Å². The van der Waals surface area contributed by atoms with Crippen LogP contribution >= 0.6 is 27.7 Å². The molecule has 0 radical (unpaired) electrons. The fourth-order valence-corrected chi connectivity index (χ4v) is 2.51. The fourth-order valence-electron chi connectivity index (χ4n) is 1.31. The molecule has 17 heavy (non-hydrogen) atoms. The number of benzene rings is 1. The van der Waals surface area contributed by atoms with Crippen LogP contribution in [0.25, 0.3) is 0 Å². The first-order valence-electron chi connectivity index (χ1n) is 4.88. The summed E-state index contributed by atoms with van der Waals surface area (Å²) in [4.78, 5) is 6.04. The number of amidine groups is 1. The molecule has 2 rings (SSSR count). The maximum Gasteiger partial charge on any atom is 0.124 e. The number of nitrogen functional groups attached to an aromatic ring is 1. The molecule has 3 N–H and O–H groups in total. The molecule has 0 unspecified atom stereocenters. The molecule has 3 nitrogen and oxygen atoms in total. The van der Waals surface area contributed by atoms with Gasteiger partial charge >= 0.3 is 0 Å². The lowest BCUT2D eigenvalue weighted by atomic mass is 10.2. The minimum absolute atomic E-state index is 0.0620. The van der Waals surface area contributed by atoms with Crippen molar-refractivity contribution in [2.24, 2.45) is 5.73 Å². The molecule has 2 aromatic rings. The smallest absolute Gasteiger partial charge is 0.124 e. The average Bonchev–Trinajstić information content (AvgIpc) is 2.32. The first-order valence-corrected chi connectivity index (χ1v) is 6.49. The summed E-state index contributed by atoms with van der Waals surface area (Å²) in [5.41, 5.74) is 6.24. The minimum Gasteiger partial charge on any atom is -0.384 e. The largest absolute Gasteiger partial charge is 0.384 e. The summed E-state index contributed by atoms with van der Waals surface area (Å²) < 4.78 is 1.04. The van der Waals surface area contributed by atoms with Gasteiger partial charge in [0.05, 0.1) is 0 Å². The zero-order valence-electron chi connectivity index (χ0n) is 8.85. The molecule has 0 aliphatic rings. The Hall–Kier alpha value is -1.33. The Bertz CT molecular complexity index is 540. The number of pyridine rings is 1. The van der Waals surface area contributed by atoms with Gasteiger partial charge in [-0.1, -0.05) is 27.7 Å². The van der Waals surface area contributed by atoms with Crippen LogP contribution in [-0.4, -0.2) is 10.8 Å². The van der Waals surface area contributed by atoms with Gasteiger partial charge in [-0.05, 0) is 30.3 Å². The highest BCUT2D eigenvalue weighted by Gasteiger charge is 2.06. The maximum absolute atomic E-state index is 7.51. The molecule has 0 bridgehead atoms. The van der Waals surface area contributed by atoms with Crippen LogP contribution in [0.4, 0.5) is 0 Å². The highest BCUT2D eigenvalue weighted by atomic mass is 79.9. The number of hydrogen-bond donors (Lipinski definition) is 2. The number of hydrogen-bond acceptors (Lipinski definition) is 3. The third kappa shape index (κ3) is 3.08. The summed E-state index contributed by atoms with van der Waals surface area (Å²) in [6, 6.07) is 9.72. The van der Waals surface area contributed by atoms with E-state index in [0.29, 0.717) is 5.56 Å². The summed E-state index contributed by atoms with van der Waals surface area (Å²) in [6.45, 7) is 0. The van der Waals surface area contributed by atoms with E-state index in [2.05, 4.69) is 20.9 Å². The molecule has 0 amide bonds. The maximum atomic E-state index is 7.51. The Kier molecular flexibility index (Phi) is 3.81. The zero-order valence-corrected chi connectivity index (χ0v) is 11.3. The lowest BCUT2D eigenvalue weighted by Gasteiger charge is -2.06. The molecule has 0 saturated heterocycles. The van der Waals surface area contributed by atoms with Crippen LogP contribution in [0, 0.1) is 5.41 Å². The molecule has 0 aliphatic carbocycles. The van der Waals surface area contributed by atoms with Crippen LogP contribution in [-0.2, 0) is 0 Å². The molecule has 0 atom stereocenters. The van der Waals surface area contributed by atoms with Crippen molar-refractivity contribution < 1.29 is 0 Å². The predicted molar refractivity (Wildman–Crippen MR) is 73.5 cm³/mol. The van der Waals surface area contributed by atoms with Gasteiger partial charge in [-0.15, -0.1) is 0 Å². The van der Waals surface area contributed by atoms with Crippen molar-refractivity contribution in [3.63, 3.8) is 0 Å². The molecule has 0 aliphatic heterocycles. The van der Waals surface area contributed by atoms with Gasteiger partial charge in [0.15, 0.2) is 0 Å². The van der Waals surface area contributed by atoms with E-state index in [1.54, 1.807) is 30.2 Å². The van der Waals surface area contributed by atoms with Gasteiger partial charge < -0.3 is 5.73 Å². The van der Waals surface area contributed by atoms with Crippen molar-refractivity contribution in [2.75, 3.05) is 0 Å². The van der Waals surface area contributed by atoms with E-state index in [9.17, 15) is 0 Å². The van der Waals surface area contributed by atoms with Crippen molar-refractivity contribution in [1.29, 1.82) is 5.41 Å². The highest BCUT2D eigenvalue weighted by Crippen LogP contribution is 2.30. The number of rotatable bonds is 3. The Labute approximate surface area is 112 Å². The third-order valence-corrected chi connectivity index (χ3v) is 3.70. The lowest BCUT2D eigenvalue weighted by Crippen LogP contribution is -2.12. The van der Waals surface area contributed by atoms with Crippen LogP contribution in [0.5, 0.6) is 0 Å². The average molecular weight is 308 g/mol. The molecule has 0 spiro atoms. The summed E-state index contributed by atoms with van der Waals surface area (Å²) in [5, 5.41) is 7.51. The van der Waals surface area contributed by atoms with Crippen LogP contribution in [0.2, 0.25) is 0 Å². The summed E-state index contributed by atoms with van der Waals surface area (Å²) in [6.07, 6.45) is 3.37. The summed E-state index contributed by atoms with van der Waals surface area (Å²) in [7, 11) is 0. The number of nitrogens with zero attached hydrogens (tertiary/aromatic N) is 1. The number of nitrogens with one attached hydrogen (secondary N) is 1. The highest BCUT2D eigenvalue weighted by molar-refractivity contribution is 9.10. The van der Waals surface area contributed by atoms with Crippen LogP contribution < -0.4 is 5.73 Å². The Balaban J connectivity index is 2.30. The lowest BCUT2D eigenvalue weighted by molar-refractivity contribution is 1.20. The Morgan fingerprint density at radius 3 is 2.59 bits per heavy atom. The second-order valence-corrected chi connectivity index (χ2v) is 5.37. The summed E-state index contributed by atoms with van der Waals surface area (Å²) >= 11 is 4.94. The van der Waals surface area contributed by atoms with Crippen molar-refractivity contribution in [2.45, 2.75) is 9.79 Å². The van der Waals surface area contributed by atoms with Gasteiger partial charge in [-0.3, -0.25) is 10.4 Å². The second kappa shape index (κ2) is 5.33. The van der Waals surface area contributed by atoms with E-state index >= 15 is 0 Å². The van der Waals surface area contributed by atoms with Gasteiger partial charge in [0.2, 0.25) is 0 Å². The molecule has 0 fully saturated rings. The van der Waals surface area contributed by atoms with E-state index in [1.807, 2.05) is 24.3 Å². The van der Waals surface area contributed by atoms with Crippen LogP contribution in [0.3, 0.4) is 0 Å². The predicted octanol–water partition coefficient (Wildman–Crippen LogP) is 3.28. The normalized spacial score (nSPS) is 10.2. The molecule has 1 aromatic heterocycles. The Morgan fingerprint density at radius 2 is 1.94 bits per heavy atom. The molecule has 1 aromatic carbocycles. The van der Waals surface area contributed by atoms with Gasteiger partial charge in [-0.25, -0.2) is 0 Å². The summed E-state index contributed by atoms with van der Waals surface area (Å²) in [5.74, 6) is 0.0620. The quantitative estimate of drug-likeness (QED) is 0.675. The van der Waals surface area contributed by atoms with Crippen LogP contribution in [0.1, 0.15) is 5.56 Å². The molecule has 5 heteroatoms. The van der Waals surface area contributed by atoms with Gasteiger partial charge in [0.1, 0.15) is 5.84 Å². The minimum atomic E-state index is 0.0620. The Morgan fingerprint density at radius 1 is 1.24 bits per heavy atom. The number of nitrogens with two attached hydrogens (primary N) is 1. The monoisotopic (exact) mass is 307 g/mol. The van der Waals surface area contributed by atoms with Crippen molar-refractivity contribution in [3.8, 4) is 0 Å². The van der Waals surface area contributed by atoms with Gasteiger partial charge in [-0.2, -0.15) is 0 Å². The molecule has 0 saturated carbocycles. The van der Waals surface area contributed by atoms with Crippen molar-refractivity contribution in [1.82, 2.24) is 4.98 Å². The van der Waals surface area contributed by atoms with E-state index in [4.69, 9.17) is 11.1 Å². The topological polar surface area (TPSA) is 62.8 Å². The van der Waals surface area contributed by atoms with Gasteiger partial charge in [0.25, 0.3) is 0 Å².